The van der Waals surface area contributed by atoms with Crippen LogP contribution < -0.4 is 29.6 Å². The third kappa shape index (κ3) is 2.63. The van der Waals surface area contributed by atoms with Crippen molar-refractivity contribution in [3.8, 4) is 5.92 Å². The number of hydrogen-bond donors (Lipinski definition) is 0. The Hall–Kier alpha value is -0.870. The fraction of sp³-hybridized carbons (Fsp3) is 0.385. The second-order valence-electron chi connectivity index (χ2n) is 4.81. The van der Waals surface area contributed by atoms with Crippen molar-refractivity contribution in [2.45, 2.75) is 19.4 Å². The van der Waals surface area contributed by atoms with Gasteiger partial charge in [-0.2, -0.15) is 5.10 Å². The van der Waals surface area contributed by atoms with Crippen LogP contribution >= 0.6 is 0 Å². The Morgan fingerprint density at radius 3 is 2.85 bits per heavy atom. The molecule has 3 heterocycles. The van der Waals surface area contributed by atoms with Gasteiger partial charge in [-0.15, -0.1) is 11.6 Å². The minimum absolute atomic E-state index is 0. The van der Waals surface area contributed by atoms with E-state index in [1.54, 1.807) is 16.9 Å². The molecule has 2 aromatic heterocycles. The Bertz CT molecular complexity index is 805. The first-order chi connectivity index (χ1) is 9.00. The zero-order valence-corrected chi connectivity index (χ0v) is 14.2. The maximum absolute atomic E-state index is 11.6. The average molecular weight is 297 g/mol. The predicted octanol–water partition coefficient (Wildman–Crippen LogP) is -1.96. The van der Waals surface area contributed by atoms with Gasteiger partial charge in [0.2, 0.25) is 0 Å². The first kappa shape index (κ1) is 15.5. The van der Waals surface area contributed by atoms with E-state index < -0.39 is 9.84 Å². The fourth-order valence-electron chi connectivity index (χ4n) is 2.46. The summed E-state index contributed by atoms with van der Waals surface area (Å²) in [4.78, 5) is 4.29. The molecule has 0 aliphatic carbocycles. The van der Waals surface area contributed by atoms with Crippen LogP contribution in [-0.4, -0.2) is 34.7 Å². The molecule has 0 saturated carbocycles. The van der Waals surface area contributed by atoms with Gasteiger partial charge in [0.15, 0.2) is 15.5 Å². The van der Waals surface area contributed by atoms with Gasteiger partial charge in [0.1, 0.15) is 0 Å². The van der Waals surface area contributed by atoms with Crippen LogP contribution in [0, 0.1) is 19.3 Å². The molecule has 1 unspecified atom stereocenters. The first-order valence-electron chi connectivity index (χ1n) is 5.98. The van der Waals surface area contributed by atoms with E-state index in [4.69, 9.17) is 6.42 Å². The molecule has 1 saturated heterocycles. The van der Waals surface area contributed by atoms with Crippen LogP contribution in [0.1, 0.15) is 23.7 Å². The molecule has 0 spiro atoms. The van der Waals surface area contributed by atoms with Gasteiger partial charge in [-0.3, -0.25) is 10.9 Å². The summed E-state index contributed by atoms with van der Waals surface area (Å²) < 4.78 is 24.8. The van der Waals surface area contributed by atoms with Crippen LogP contribution in [0.4, 0.5) is 0 Å². The number of rotatable bonds is 1. The minimum Gasteiger partial charge on any atom is -0.366 e. The quantitative estimate of drug-likeness (QED) is 0.348. The summed E-state index contributed by atoms with van der Waals surface area (Å²) >= 11 is 0. The van der Waals surface area contributed by atoms with Gasteiger partial charge >= 0.3 is 29.6 Å². The molecule has 0 N–H and O–H groups in total. The summed E-state index contributed by atoms with van der Waals surface area (Å²) in [6.45, 7) is 1.86. The van der Waals surface area contributed by atoms with Gasteiger partial charge in [0, 0.05) is 5.39 Å². The molecule has 1 aliphatic heterocycles. The van der Waals surface area contributed by atoms with Crippen LogP contribution in [0.3, 0.4) is 0 Å². The van der Waals surface area contributed by atoms with Gasteiger partial charge in [-0.25, -0.2) is 13.1 Å². The number of sulfone groups is 1. The van der Waals surface area contributed by atoms with Gasteiger partial charge in [-0.05, 0) is 19.5 Å². The van der Waals surface area contributed by atoms with E-state index in [0.717, 1.165) is 11.1 Å². The zero-order chi connectivity index (χ0) is 13.6. The number of pyridine rings is 1. The van der Waals surface area contributed by atoms with E-state index in [-0.39, 0.29) is 47.1 Å². The van der Waals surface area contributed by atoms with Crippen LogP contribution in [0.2, 0.25) is 0 Å². The molecule has 2 aromatic rings. The van der Waals surface area contributed by atoms with E-state index in [2.05, 4.69) is 16.0 Å². The summed E-state index contributed by atoms with van der Waals surface area (Å²) in [6.07, 6.45) is 9.25. The molecule has 0 amide bonds. The normalized spacial score (nSPS) is 20.5. The molecule has 1 fully saturated rings. The SMILES string of the molecule is [C-]#Cc1cnc2c(c1)c(C)nn2C1CCS(=O)(=O)C1.[Na+]. The van der Waals surface area contributed by atoms with Crippen molar-refractivity contribution in [1.82, 2.24) is 14.8 Å². The van der Waals surface area contributed by atoms with E-state index in [9.17, 15) is 8.42 Å². The first-order valence-corrected chi connectivity index (χ1v) is 7.80. The van der Waals surface area contributed by atoms with Gasteiger partial charge < -0.3 is 6.42 Å². The summed E-state index contributed by atoms with van der Waals surface area (Å²) in [5.74, 6) is 2.63. The summed E-state index contributed by atoms with van der Waals surface area (Å²) in [5, 5.41) is 5.26. The summed E-state index contributed by atoms with van der Waals surface area (Å²) in [5.41, 5.74) is 2.07. The van der Waals surface area contributed by atoms with Gasteiger partial charge in [0.25, 0.3) is 0 Å². The van der Waals surface area contributed by atoms with Crippen molar-refractivity contribution in [1.29, 1.82) is 0 Å². The third-order valence-corrected chi connectivity index (χ3v) is 5.18. The topological polar surface area (TPSA) is 64.8 Å². The summed E-state index contributed by atoms with van der Waals surface area (Å²) in [7, 11) is -2.95. The molecule has 1 atom stereocenters. The van der Waals surface area contributed by atoms with Crippen molar-refractivity contribution >= 4 is 20.9 Å². The fourth-order valence-corrected chi connectivity index (χ4v) is 4.15. The number of hydrogen-bond acceptors (Lipinski definition) is 4. The standard InChI is InChI=1S/C13H12N3O2S.Na/c1-3-10-6-12-9(2)15-16(13(12)14-7-10)11-4-5-19(17,18)8-11;/h6-7,11H,4-5,8H2,2H3;/q-1;+1. The molecule has 0 bridgehead atoms. The van der Waals surface area contributed by atoms with E-state index >= 15 is 0 Å². The monoisotopic (exact) mass is 297 g/mol. The molecule has 1 aliphatic rings. The van der Waals surface area contributed by atoms with Crippen molar-refractivity contribution in [2.75, 3.05) is 11.5 Å². The molecular weight excluding hydrogens is 285 g/mol. The Labute approximate surface area is 140 Å². The van der Waals surface area contributed by atoms with Crippen molar-refractivity contribution in [3.05, 3.63) is 29.9 Å². The molecule has 98 valence electrons. The number of fused-ring (bicyclic) bond motifs is 1. The number of aromatic nitrogens is 3. The van der Waals surface area contributed by atoms with Crippen molar-refractivity contribution in [3.63, 3.8) is 0 Å². The largest absolute Gasteiger partial charge is 1.00 e. The molecule has 3 rings (SSSR count). The second kappa shape index (κ2) is 5.49. The zero-order valence-electron chi connectivity index (χ0n) is 11.4. The maximum Gasteiger partial charge on any atom is 1.00 e. The molecular formula is C13H12N3NaO2S. The third-order valence-electron chi connectivity index (χ3n) is 3.43. The van der Waals surface area contributed by atoms with Gasteiger partial charge in [-0.1, -0.05) is 0 Å². The van der Waals surface area contributed by atoms with Crippen LogP contribution in [0.25, 0.3) is 11.0 Å². The van der Waals surface area contributed by atoms with E-state index in [0.29, 0.717) is 17.6 Å². The van der Waals surface area contributed by atoms with Crippen molar-refractivity contribution < 1.29 is 38.0 Å². The molecule has 20 heavy (non-hydrogen) atoms. The molecule has 0 aromatic carbocycles. The Balaban J connectivity index is 0.00000147. The number of nitrogens with zero attached hydrogens (tertiary/aromatic N) is 3. The Kier molecular flexibility index (Phi) is 4.26. The molecule has 7 heteroatoms. The average Bonchev–Trinajstić information content (AvgIpc) is 2.90. The Morgan fingerprint density at radius 1 is 1.50 bits per heavy atom. The molecule has 0 radical (unpaired) electrons. The van der Waals surface area contributed by atoms with Crippen LogP contribution in [0.5, 0.6) is 0 Å². The molecule has 5 nitrogen and oxygen atoms in total. The van der Waals surface area contributed by atoms with Gasteiger partial charge in [0.05, 0.1) is 23.2 Å². The second-order valence-corrected chi connectivity index (χ2v) is 7.04. The predicted molar refractivity (Wildman–Crippen MR) is 70.8 cm³/mol. The van der Waals surface area contributed by atoms with E-state index in [1.165, 1.54) is 0 Å². The minimum atomic E-state index is -2.95. The summed E-state index contributed by atoms with van der Waals surface area (Å²) in [6, 6.07) is 1.67. The van der Waals surface area contributed by atoms with Crippen LogP contribution in [0.15, 0.2) is 12.3 Å². The van der Waals surface area contributed by atoms with Crippen LogP contribution in [-0.2, 0) is 9.84 Å². The smallest absolute Gasteiger partial charge is 0.366 e. The number of aryl methyl sites for hydroxylation is 1. The maximum atomic E-state index is 11.6. The van der Waals surface area contributed by atoms with E-state index in [1.807, 2.05) is 6.92 Å². The van der Waals surface area contributed by atoms with Crippen molar-refractivity contribution in [2.24, 2.45) is 0 Å². The Morgan fingerprint density at radius 2 is 2.25 bits per heavy atom.